The molecule has 62 valence electrons. The van der Waals surface area contributed by atoms with Gasteiger partial charge in [-0.15, -0.1) is 0 Å². The summed E-state index contributed by atoms with van der Waals surface area (Å²) in [6, 6.07) is 5.19. The van der Waals surface area contributed by atoms with Crippen molar-refractivity contribution in [3.05, 3.63) is 30.1 Å². The summed E-state index contributed by atoms with van der Waals surface area (Å²) in [7, 11) is 0. The van der Waals surface area contributed by atoms with E-state index in [4.69, 9.17) is 34.8 Å². The molecule has 1 heterocycles. The first-order chi connectivity index (χ1) is 4.61. The van der Waals surface area contributed by atoms with E-state index >= 15 is 0 Å². The monoisotopic (exact) mass is 251 g/mol. The van der Waals surface area contributed by atoms with E-state index in [9.17, 15) is 0 Å². The maximum absolute atomic E-state index is 5.53. The Bertz CT molecular complexity index is 209. The molecule has 1 aromatic heterocycles. The van der Waals surface area contributed by atoms with E-state index < -0.39 is 3.79 Å². The smallest absolute Gasteiger partial charge is 0.232 e. The Morgan fingerprint density at radius 3 is 2.09 bits per heavy atom. The minimum Gasteiger partial charge on any atom is -0.257 e. The summed E-state index contributed by atoms with van der Waals surface area (Å²) < 4.78 is -1.40. The van der Waals surface area contributed by atoms with Crippen LogP contribution >= 0.6 is 34.8 Å². The second-order valence-electron chi connectivity index (χ2n) is 1.71. The van der Waals surface area contributed by atoms with Crippen LogP contribution in [0.25, 0.3) is 0 Å². The van der Waals surface area contributed by atoms with Crippen LogP contribution in [0.3, 0.4) is 0 Å². The Kier molecular flexibility index (Phi) is 4.76. The maximum Gasteiger partial charge on any atom is 0.232 e. The summed E-state index contributed by atoms with van der Waals surface area (Å²) in [5.74, 6) is 0. The van der Waals surface area contributed by atoms with Crippen molar-refractivity contribution in [2.45, 2.75) is 3.79 Å². The average Bonchev–Trinajstić information content (AvgIpc) is 1.88. The van der Waals surface area contributed by atoms with Gasteiger partial charge in [0.1, 0.15) is 0 Å². The topological polar surface area (TPSA) is 12.9 Å². The molecule has 0 unspecified atom stereocenters. The van der Waals surface area contributed by atoms with Crippen molar-refractivity contribution in [2.24, 2.45) is 0 Å². The maximum atomic E-state index is 5.53. The Morgan fingerprint density at radius 1 is 1.18 bits per heavy atom. The quantitative estimate of drug-likeness (QED) is 0.511. The van der Waals surface area contributed by atoms with Crippen LogP contribution in [-0.2, 0) is 20.9 Å². The molecule has 0 fully saturated rings. The van der Waals surface area contributed by atoms with Crippen molar-refractivity contribution in [2.75, 3.05) is 0 Å². The Morgan fingerprint density at radius 2 is 1.82 bits per heavy atom. The summed E-state index contributed by atoms with van der Waals surface area (Å²) in [4.78, 5) is 3.85. The van der Waals surface area contributed by atoms with Gasteiger partial charge in [0.15, 0.2) is 0 Å². The number of hydrogen-bond acceptors (Lipinski definition) is 1. The number of halogens is 3. The van der Waals surface area contributed by atoms with Crippen LogP contribution in [0, 0.1) is 0 Å². The molecule has 0 bridgehead atoms. The summed E-state index contributed by atoms with van der Waals surface area (Å²) in [5.41, 5.74) is 0.444. The molecule has 0 aromatic carbocycles. The standard InChI is InChI=1S/C6H4Cl3N.Fe/c7-6(8,9)5-3-1-2-4-10-5;/h1-4H;. The van der Waals surface area contributed by atoms with Crippen LogP contribution in [0.1, 0.15) is 5.69 Å². The molecule has 0 radical (unpaired) electrons. The first kappa shape index (κ1) is 11.5. The van der Waals surface area contributed by atoms with Crippen LogP contribution in [0.5, 0.6) is 0 Å². The van der Waals surface area contributed by atoms with E-state index in [-0.39, 0.29) is 17.1 Å². The van der Waals surface area contributed by atoms with Gasteiger partial charge in [0.25, 0.3) is 0 Å². The SMILES string of the molecule is ClC(Cl)(Cl)c1ccccn1.[Fe]. The van der Waals surface area contributed by atoms with Crippen molar-refractivity contribution in [3.8, 4) is 0 Å². The van der Waals surface area contributed by atoms with Crippen LogP contribution < -0.4 is 0 Å². The fourth-order valence-corrected chi connectivity index (χ4v) is 0.866. The number of hydrogen-bond donors (Lipinski definition) is 0. The molecule has 1 nitrogen and oxygen atoms in total. The van der Waals surface area contributed by atoms with Gasteiger partial charge >= 0.3 is 0 Å². The van der Waals surface area contributed by atoms with Crippen molar-refractivity contribution >= 4 is 34.8 Å². The number of rotatable bonds is 0. The van der Waals surface area contributed by atoms with Gasteiger partial charge in [-0.3, -0.25) is 4.98 Å². The molecule has 0 aliphatic rings. The molecule has 1 rings (SSSR count). The summed E-state index contributed by atoms with van der Waals surface area (Å²) in [6.07, 6.45) is 1.58. The molecule has 0 N–H and O–H groups in total. The van der Waals surface area contributed by atoms with Crippen molar-refractivity contribution < 1.29 is 17.1 Å². The zero-order valence-corrected chi connectivity index (χ0v) is 8.62. The molecule has 5 heteroatoms. The predicted molar refractivity (Wildman–Crippen MR) is 43.5 cm³/mol. The van der Waals surface area contributed by atoms with E-state index in [1.165, 1.54) is 0 Å². The van der Waals surface area contributed by atoms with E-state index in [0.29, 0.717) is 5.69 Å². The van der Waals surface area contributed by atoms with Gasteiger partial charge in [-0.25, -0.2) is 0 Å². The second-order valence-corrected chi connectivity index (χ2v) is 3.99. The molecule has 0 spiro atoms. The molecule has 0 aliphatic heterocycles. The van der Waals surface area contributed by atoms with Crippen molar-refractivity contribution in [3.63, 3.8) is 0 Å². The molecule has 11 heavy (non-hydrogen) atoms. The fraction of sp³-hybridized carbons (Fsp3) is 0.167. The third-order valence-electron chi connectivity index (χ3n) is 0.955. The average molecular weight is 252 g/mol. The molecular weight excluding hydrogens is 248 g/mol. The van der Waals surface area contributed by atoms with Crippen LogP contribution in [-0.4, -0.2) is 4.98 Å². The van der Waals surface area contributed by atoms with Crippen LogP contribution in [0.2, 0.25) is 0 Å². The van der Waals surface area contributed by atoms with Crippen molar-refractivity contribution in [1.29, 1.82) is 0 Å². The molecule has 0 amide bonds. The van der Waals surface area contributed by atoms with Crippen LogP contribution in [0.4, 0.5) is 0 Å². The third kappa shape index (κ3) is 3.64. The van der Waals surface area contributed by atoms with E-state index in [0.717, 1.165) is 0 Å². The second kappa shape index (κ2) is 4.54. The predicted octanol–water partition coefficient (Wildman–Crippen LogP) is 2.91. The summed E-state index contributed by atoms with van der Waals surface area (Å²) in [5, 5.41) is 0. The van der Waals surface area contributed by atoms with Gasteiger partial charge in [0, 0.05) is 23.3 Å². The Balaban J connectivity index is 0.000001000. The first-order valence-corrected chi connectivity index (χ1v) is 3.72. The molecule has 0 saturated heterocycles. The minimum absolute atomic E-state index is 0. The molecular formula is C6H4Cl3FeN. The Labute approximate surface area is 90.5 Å². The zero-order valence-electron chi connectivity index (χ0n) is 5.24. The Hall–Kier alpha value is 0.539. The van der Waals surface area contributed by atoms with Gasteiger partial charge in [-0.2, -0.15) is 0 Å². The molecule has 1 aromatic rings. The van der Waals surface area contributed by atoms with Gasteiger partial charge in [0.2, 0.25) is 3.79 Å². The molecule has 0 saturated carbocycles. The van der Waals surface area contributed by atoms with Gasteiger partial charge < -0.3 is 0 Å². The van der Waals surface area contributed by atoms with E-state index in [2.05, 4.69) is 4.98 Å². The first-order valence-electron chi connectivity index (χ1n) is 2.59. The number of alkyl halides is 3. The van der Waals surface area contributed by atoms with Gasteiger partial charge in [0.05, 0.1) is 5.69 Å². The van der Waals surface area contributed by atoms with Gasteiger partial charge in [-0.05, 0) is 12.1 Å². The van der Waals surface area contributed by atoms with E-state index in [1.54, 1.807) is 24.4 Å². The number of aromatic nitrogens is 1. The van der Waals surface area contributed by atoms with E-state index in [1.807, 2.05) is 0 Å². The van der Waals surface area contributed by atoms with Crippen LogP contribution in [0.15, 0.2) is 24.4 Å². The fourth-order valence-electron chi connectivity index (χ4n) is 0.530. The summed E-state index contributed by atoms with van der Waals surface area (Å²) in [6.45, 7) is 0. The molecule has 0 aliphatic carbocycles. The number of nitrogens with zero attached hydrogens (tertiary/aromatic N) is 1. The largest absolute Gasteiger partial charge is 0.257 e. The number of pyridine rings is 1. The zero-order chi connectivity index (χ0) is 7.61. The third-order valence-corrected chi connectivity index (χ3v) is 1.54. The molecule has 0 atom stereocenters. The minimum atomic E-state index is -1.40. The normalized spacial score (nSPS) is 10.5. The van der Waals surface area contributed by atoms with Gasteiger partial charge in [-0.1, -0.05) is 40.9 Å². The van der Waals surface area contributed by atoms with Crippen molar-refractivity contribution in [1.82, 2.24) is 4.98 Å². The summed E-state index contributed by atoms with van der Waals surface area (Å²) >= 11 is 16.6.